The van der Waals surface area contributed by atoms with Crippen molar-refractivity contribution in [3.05, 3.63) is 54.4 Å². The molecule has 0 unspecified atom stereocenters. The zero-order valence-electron chi connectivity index (χ0n) is 14.7. The van der Waals surface area contributed by atoms with Crippen LogP contribution in [0.15, 0.2) is 48.8 Å². The Bertz CT molecular complexity index is 942. The minimum Gasteiger partial charge on any atom is -0.355 e. The lowest BCUT2D eigenvalue weighted by Crippen LogP contribution is -2.41. The predicted octanol–water partition coefficient (Wildman–Crippen LogP) is 3.19. The number of piperidine rings is 1. The maximum atomic E-state index is 12.7. The summed E-state index contributed by atoms with van der Waals surface area (Å²) in [6.07, 6.45) is 5.31. The minimum absolute atomic E-state index is 0.0187. The van der Waals surface area contributed by atoms with Gasteiger partial charge in [0, 0.05) is 19.3 Å². The van der Waals surface area contributed by atoms with Crippen molar-refractivity contribution in [1.82, 2.24) is 15.0 Å². The predicted molar refractivity (Wildman–Crippen MR) is 102 cm³/mol. The van der Waals surface area contributed by atoms with E-state index in [1.165, 1.54) is 0 Å². The average Bonchev–Trinajstić information content (AvgIpc) is 2.69. The lowest BCUT2D eigenvalue weighted by Gasteiger charge is -2.32. The first kappa shape index (κ1) is 16.4. The second-order valence-corrected chi connectivity index (χ2v) is 6.66. The Hall–Kier alpha value is -3.02. The fourth-order valence-electron chi connectivity index (χ4n) is 3.33. The summed E-state index contributed by atoms with van der Waals surface area (Å²) in [5, 5.41) is 2.97. The fraction of sp³-hybridized carbons (Fsp3) is 0.300. The smallest absolute Gasteiger partial charge is 0.230 e. The normalized spacial score (nSPS) is 17.3. The lowest BCUT2D eigenvalue weighted by atomic mass is 9.97. The van der Waals surface area contributed by atoms with Crippen LogP contribution >= 0.6 is 0 Å². The van der Waals surface area contributed by atoms with E-state index in [0.717, 1.165) is 41.8 Å². The van der Waals surface area contributed by atoms with Crippen molar-refractivity contribution in [3.63, 3.8) is 0 Å². The Morgan fingerprint density at radius 3 is 2.85 bits per heavy atom. The first-order valence-electron chi connectivity index (χ1n) is 8.90. The first-order valence-corrected chi connectivity index (χ1v) is 8.90. The number of pyridine rings is 1. The number of anilines is 2. The number of para-hydroxylation sites is 2. The van der Waals surface area contributed by atoms with Gasteiger partial charge in [0.25, 0.3) is 0 Å². The van der Waals surface area contributed by atoms with E-state index in [4.69, 9.17) is 4.98 Å². The highest BCUT2D eigenvalue weighted by Crippen LogP contribution is 2.24. The van der Waals surface area contributed by atoms with Crippen LogP contribution in [0.4, 0.5) is 11.6 Å². The third-order valence-electron chi connectivity index (χ3n) is 4.80. The zero-order valence-corrected chi connectivity index (χ0v) is 14.7. The van der Waals surface area contributed by atoms with Crippen molar-refractivity contribution in [3.8, 4) is 0 Å². The molecule has 26 heavy (non-hydrogen) atoms. The number of fused-ring (bicyclic) bond motifs is 1. The number of aromatic nitrogens is 3. The summed E-state index contributed by atoms with van der Waals surface area (Å²) in [5.74, 6) is 1.40. The fourth-order valence-corrected chi connectivity index (χ4v) is 3.33. The van der Waals surface area contributed by atoms with E-state index >= 15 is 0 Å². The van der Waals surface area contributed by atoms with Crippen molar-refractivity contribution >= 4 is 28.6 Å². The number of hydrogen-bond donors (Lipinski definition) is 1. The van der Waals surface area contributed by atoms with E-state index in [1.807, 2.05) is 43.3 Å². The second kappa shape index (κ2) is 7.07. The molecular formula is C20H21N5O. The van der Waals surface area contributed by atoms with E-state index in [9.17, 15) is 4.79 Å². The van der Waals surface area contributed by atoms with E-state index in [2.05, 4.69) is 20.2 Å². The van der Waals surface area contributed by atoms with Gasteiger partial charge in [0.1, 0.15) is 11.6 Å². The van der Waals surface area contributed by atoms with Crippen molar-refractivity contribution in [2.75, 3.05) is 23.3 Å². The Labute approximate surface area is 152 Å². The van der Waals surface area contributed by atoms with Gasteiger partial charge in [-0.1, -0.05) is 18.2 Å². The Morgan fingerprint density at radius 1 is 1.15 bits per heavy atom. The molecule has 1 N–H and O–H groups in total. The van der Waals surface area contributed by atoms with Gasteiger partial charge in [-0.3, -0.25) is 9.78 Å². The van der Waals surface area contributed by atoms with Crippen LogP contribution in [0.5, 0.6) is 0 Å². The largest absolute Gasteiger partial charge is 0.355 e. The van der Waals surface area contributed by atoms with Gasteiger partial charge < -0.3 is 10.2 Å². The lowest BCUT2D eigenvalue weighted by molar-refractivity contribution is -0.120. The summed E-state index contributed by atoms with van der Waals surface area (Å²) < 4.78 is 0. The van der Waals surface area contributed by atoms with Gasteiger partial charge in [-0.2, -0.15) is 0 Å². The summed E-state index contributed by atoms with van der Waals surface area (Å²) in [4.78, 5) is 28.3. The highest BCUT2D eigenvalue weighted by atomic mass is 16.2. The molecule has 1 saturated heterocycles. The van der Waals surface area contributed by atoms with Crippen molar-refractivity contribution in [1.29, 1.82) is 0 Å². The molecule has 1 fully saturated rings. The topological polar surface area (TPSA) is 71.0 Å². The molecule has 3 heterocycles. The number of carbonyl (C=O) groups excluding carboxylic acids is 1. The quantitative estimate of drug-likeness (QED) is 0.788. The SMILES string of the molecule is Cc1cccnc1NC(=O)[C@H]1CCCN(c2cnc3ccccc3n2)C1. The zero-order chi connectivity index (χ0) is 17.9. The third-order valence-corrected chi connectivity index (χ3v) is 4.80. The number of nitrogens with zero attached hydrogens (tertiary/aromatic N) is 4. The number of amides is 1. The van der Waals surface area contributed by atoms with Gasteiger partial charge in [0.05, 0.1) is 23.1 Å². The van der Waals surface area contributed by atoms with E-state index in [0.29, 0.717) is 12.4 Å². The molecule has 1 aliphatic heterocycles. The van der Waals surface area contributed by atoms with E-state index in [-0.39, 0.29) is 11.8 Å². The van der Waals surface area contributed by atoms with E-state index < -0.39 is 0 Å². The molecule has 1 amide bonds. The molecule has 1 aliphatic rings. The highest BCUT2D eigenvalue weighted by molar-refractivity contribution is 5.92. The third kappa shape index (κ3) is 3.35. The molecule has 3 aromatic rings. The van der Waals surface area contributed by atoms with Crippen LogP contribution in [0.2, 0.25) is 0 Å². The molecule has 4 rings (SSSR count). The number of aryl methyl sites for hydroxylation is 1. The monoisotopic (exact) mass is 347 g/mol. The molecule has 1 atom stereocenters. The van der Waals surface area contributed by atoms with Crippen molar-refractivity contribution in [2.24, 2.45) is 5.92 Å². The molecule has 1 aromatic carbocycles. The number of benzene rings is 1. The van der Waals surface area contributed by atoms with Crippen LogP contribution < -0.4 is 10.2 Å². The van der Waals surface area contributed by atoms with Gasteiger partial charge in [0.2, 0.25) is 5.91 Å². The first-order chi connectivity index (χ1) is 12.7. The van der Waals surface area contributed by atoms with E-state index in [1.54, 1.807) is 12.4 Å². The standard InChI is InChI=1S/C20H21N5O/c1-14-6-4-10-21-19(14)24-20(26)15-7-5-11-25(13-15)18-12-22-16-8-2-3-9-17(16)23-18/h2-4,6,8-10,12,15H,5,7,11,13H2,1H3,(H,21,24,26)/t15-/m0/s1. The number of rotatable bonds is 3. The average molecular weight is 347 g/mol. The minimum atomic E-state index is -0.0848. The highest BCUT2D eigenvalue weighted by Gasteiger charge is 2.27. The molecule has 0 spiro atoms. The van der Waals surface area contributed by atoms with Gasteiger partial charge in [-0.05, 0) is 43.5 Å². The molecule has 0 radical (unpaired) electrons. The van der Waals surface area contributed by atoms with Crippen LogP contribution in [0.25, 0.3) is 11.0 Å². The second-order valence-electron chi connectivity index (χ2n) is 6.66. The van der Waals surface area contributed by atoms with Crippen molar-refractivity contribution < 1.29 is 4.79 Å². The summed E-state index contributed by atoms with van der Waals surface area (Å²) in [6, 6.07) is 11.6. The maximum Gasteiger partial charge on any atom is 0.230 e. The summed E-state index contributed by atoms with van der Waals surface area (Å²) in [6.45, 7) is 3.48. The summed E-state index contributed by atoms with van der Waals surface area (Å²) in [5.41, 5.74) is 2.72. The van der Waals surface area contributed by atoms with Gasteiger partial charge in [0.15, 0.2) is 0 Å². The van der Waals surface area contributed by atoms with Crippen LogP contribution in [0.3, 0.4) is 0 Å². The van der Waals surface area contributed by atoms with Gasteiger partial charge in [-0.15, -0.1) is 0 Å². The van der Waals surface area contributed by atoms with Crippen LogP contribution in [-0.2, 0) is 4.79 Å². The summed E-state index contributed by atoms with van der Waals surface area (Å²) in [7, 11) is 0. The van der Waals surface area contributed by atoms with Crippen LogP contribution in [0.1, 0.15) is 18.4 Å². The Balaban J connectivity index is 1.49. The summed E-state index contributed by atoms with van der Waals surface area (Å²) >= 11 is 0. The van der Waals surface area contributed by atoms with Crippen molar-refractivity contribution in [2.45, 2.75) is 19.8 Å². The van der Waals surface area contributed by atoms with Gasteiger partial charge >= 0.3 is 0 Å². The van der Waals surface area contributed by atoms with Gasteiger partial charge in [-0.25, -0.2) is 9.97 Å². The molecular weight excluding hydrogens is 326 g/mol. The molecule has 0 saturated carbocycles. The molecule has 0 bridgehead atoms. The maximum absolute atomic E-state index is 12.7. The molecule has 2 aromatic heterocycles. The molecule has 132 valence electrons. The molecule has 0 aliphatic carbocycles. The molecule has 6 nitrogen and oxygen atoms in total. The number of nitrogens with one attached hydrogen (secondary N) is 1. The Kier molecular flexibility index (Phi) is 4.48. The number of hydrogen-bond acceptors (Lipinski definition) is 5. The molecule has 6 heteroatoms. The number of carbonyl (C=O) groups is 1. The van der Waals surface area contributed by atoms with Crippen LogP contribution in [-0.4, -0.2) is 33.9 Å². The van der Waals surface area contributed by atoms with Crippen LogP contribution in [0, 0.1) is 12.8 Å². The Morgan fingerprint density at radius 2 is 2.00 bits per heavy atom.